The Bertz CT molecular complexity index is 327. The topological polar surface area (TPSA) is 21.3 Å². The van der Waals surface area contributed by atoms with Gasteiger partial charge in [0.2, 0.25) is 0 Å². The lowest BCUT2D eigenvalue weighted by molar-refractivity contribution is -0.173. The SMILES string of the molecule is C[C@@H](NCCCOCC(F)(F)F)c1ccccc1. The molecule has 18 heavy (non-hydrogen) atoms. The van der Waals surface area contributed by atoms with Crippen molar-refractivity contribution in [1.29, 1.82) is 0 Å². The minimum Gasteiger partial charge on any atom is -0.372 e. The summed E-state index contributed by atoms with van der Waals surface area (Å²) >= 11 is 0. The minimum absolute atomic E-state index is 0.119. The van der Waals surface area contributed by atoms with Crippen LogP contribution >= 0.6 is 0 Å². The van der Waals surface area contributed by atoms with Crippen LogP contribution in [0.25, 0.3) is 0 Å². The average molecular weight is 261 g/mol. The summed E-state index contributed by atoms with van der Waals surface area (Å²) in [6, 6.07) is 10.1. The zero-order chi connectivity index (χ0) is 13.4. The average Bonchev–Trinajstić information content (AvgIpc) is 2.33. The molecule has 0 fully saturated rings. The Balaban J connectivity index is 2.08. The van der Waals surface area contributed by atoms with Gasteiger partial charge in [0.1, 0.15) is 6.61 Å². The number of hydrogen-bond acceptors (Lipinski definition) is 2. The van der Waals surface area contributed by atoms with Gasteiger partial charge in [-0.05, 0) is 25.5 Å². The second-order valence-corrected chi connectivity index (χ2v) is 4.11. The molecule has 5 heteroatoms. The van der Waals surface area contributed by atoms with Crippen LogP contribution in [0.1, 0.15) is 24.9 Å². The van der Waals surface area contributed by atoms with Gasteiger partial charge >= 0.3 is 6.18 Å². The quantitative estimate of drug-likeness (QED) is 0.760. The molecule has 0 radical (unpaired) electrons. The first-order valence-corrected chi connectivity index (χ1v) is 5.92. The summed E-state index contributed by atoms with van der Waals surface area (Å²) in [5, 5.41) is 3.24. The molecular formula is C13H18F3NO. The van der Waals surface area contributed by atoms with Crippen LogP contribution in [-0.4, -0.2) is 25.9 Å². The Morgan fingerprint density at radius 1 is 1.22 bits per heavy atom. The molecule has 102 valence electrons. The van der Waals surface area contributed by atoms with E-state index in [9.17, 15) is 13.2 Å². The van der Waals surface area contributed by atoms with Crippen molar-refractivity contribution in [3.05, 3.63) is 35.9 Å². The molecule has 1 aromatic rings. The van der Waals surface area contributed by atoms with E-state index in [-0.39, 0.29) is 12.6 Å². The molecule has 0 saturated heterocycles. The lowest BCUT2D eigenvalue weighted by atomic mass is 10.1. The summed E-state index contributed by atoms with van der Waals surface area (Å²) in [5.41, 5.74) is 1.16. The van der Waals surface area contributed by atoms with Gasteiger partial charge < -0.3 is 10.1 Å². The smallest absolute Gasteiger partial charge is 0.372 e. The highest BCUT2D eigenvalue weighted by molar-refractivity contribution is 5.17. The van der Waals surface area contributed by atoms with Gasteiger partial charge in [-0.25, -0.2) is 0 Å². The van der Waals surface area contributed by atoms with Crippen LogP contribution in [0.3, 0.4) is 0 Å². The zero-order valence-corrected chi connectivity index (χ0v) is 10.3. The molecule has 0 aromatic heterocycles. The molecule has 0 aliphatic carbocycles. The number of rotatable bonds is 7. The van der Waals surface area contributed by atoms with Crippen molar-refractivity contribution in [2.24, 2.45) is 0 Å². The highest BCUT2D eigenvalue weighted by atomic mass is 19.4. The molecule has 0 aliphatic heterocycles. The van der Waals surface area contributed by atoms with Crippen LogP contribution in [0.4, 0.5) is 13.2 Å². The van der Waals surface area contributed by atoms with Gasteiger partial charge in [0.15, 0.2) is 0 Å². The number of alkyl halides is 3. The number of ether oxygens (including phenoxy) is 1. The summed E-state index contributed by atoms with van der Waals surface area (Å²) in [4.78, 5) is 0. The summed E-state index contributed by atoms with van der Waals surface area (Å²) in [7, 11) is 0. The Morgan fingerprint density at radius 2 is 1.89 bits per heavy atom. The number of halogens is 3. The Morgan fingerprint density at radius 3 is 2.50 bits per heavy atom. The van der Waals surface area contributed by atoms with Gasteiger partial charge in [0.05, 0.1) is 0 Å². The van der Waals surface area contributed by atoms with E-state index in [1.54, 1.807) is 0 Å². The summed E-state index contributed by atoms with van der Waals surface area (Å²) in [6.07, 6.45) is -3.67. The summed E-state index contributed by atoms with van der Waals surface area (Å²) < 4.78 is 39.8. The van der Waals surface area contributed by atoms with Gasteiger partial charge in [-0.3, -0.25) is 0 Å². The third-order valence-corrected chi connectivity index (χ3v) is 2.48. The normalized spacial score (nSPS) is 13.6. The Hall–Kier alpha value is -1.07. The second kappa shape index (κ2) is 7.38. The molecule has 1 N–H and O–H groups in total. The van der Waals surface area contributed by atoms with Gasteiger partial charge in [0.25, 0.3) is 0 Å². The third-order valence-electron chi connectivity index (χ3n) is 2.48. The Kier molecular flexibility index (Phi) is 6.15. The van der Waals surface area contributed by atoms with E-state index in [0.29, 0.717) is 13.0 Å². The van der Waals surface area contributed by atoms with Crippen molar-refractivity contribution in [2.75, 3.05) is 19.8 Å². The van der Waals surface area contributed by atoms with Crippen molar-refractivity contribution in [1.82, 2.24) is 5.32 Å². The molecule has 0 unspecified atom stereocenters. The molecule has 1 aromatic carbocycles. The molecule has 1 atom stereocenters. The monoisotopic (exact) mass is 261 g/mol. The lowest BCUT2D eigenvalue weighted by Gasteiger charge is -2.14. The first-order valence-electron chi connectivity index (χ1n) is 5.92. The molecule has 0 bridgehead atoms. The van der Waals surface area contributed by atoms with Crippen LogP contribution < -0.4 is 5.32 Å². The van der Waals surface area contributed by atoms with Crippen LogP contribution in [-0.2, 0) is 4.74 Å². The van der Waals surface area contributed by atoms with E-state index >= 15 is 0 Å². The predicted octanol–water partition coefficient (Wildman–Crippen LogP) is 3.31. The molecule has 0 heterocycles. The van der Waals surface area contributed by atoms with Crippen molar-refractivity contribution in [3.63, 3.8) is 0 Å². The number of hydrogen-bond donors (Lipinski definition) is 1. The van der Waals surface area contributed by atoms with E-state index in [0.717, 1.165) is 5.56 Å². The van der Waals surface area contributed by atoms with E-state index in [2.05, 4.69) is 10.1 Å². The van der Waals surface area contributed by atoms with Crippen molar-refractivity contribution in [3.8, 4) is 0 Å². The minimum atomic E-state index is -4.23. The molecule has 0 amide bonds. The van der Waals surface area contributed by atoms with Crippen molar-refractivity contribution >= 4 is 0 Å². The first kappa shape index (κ1) is 15.0. The Labute approximate surface area is 105 Å². The fourth-order valence-corrected chi connectivity index (χ4v) is 1.54. The van der Waals surface area contributed by atoms with Crippen molar-refractivity contribution < 1.29 is 17.9 Å². The van der Waals surface area contributed by atoms with E-state index in [1.807, 2.05) is 37.3 Å². The highest BCUT2D eigenvalue weighted by Gasteiger charge is 2.27. The summed E-state index contributed by atoms with van der Waals surface area (Å²) in [6.45, 7) is 1.61. The van der Waals surface area contributed by atoms with E-state index < -0.39 is 12.8 Å². The lowest BCUT2D eigenvalue weighted by Crippen LogP contribution is -2.22. The van der Waals surface area contributed by atoms with Crippen LogP contribution in [0.5, 0.6) is 0 Å². The van der Waals surface area contributed by atoms with Gasteiger partial charge in [-0.15, -0.1) is 0 Å². The van der Waals surface area contributed by atoms with Gasteiger partial charge in [-0.1, -0.05) is 30.3 Å². The molecule has 0 saturated carbocycles. The molecule has 0 aliphatic rings. The maximum atomic E-state index is 11.8. The number of nitrogens with one attached hydrogen (secondary N) is 1. The molecule has 0 spiro atoms. The fraction of sp³-hybridized carbons (Fsp3) is 0.538. The largest absolute Gasteiger partial charge is 0.411 e. The maximum absolute atomic E-state index is 11.8. The van der Waals surface area contributed by atoms with E-state index in [1.165, 1.54) is 0 Å². The highest BCUT2D eigenvalue weighted by Crippen LogP contribution is 2.14. The van der Waals surface area contributed by atoms with Crippen LogP contribution in [0.2, 0.25) is 0 Å². The predicted molar refractivity (Wildman–Crippen MR) is 64.4 cm³/mol. The second-order valence-electron chi connectivity index (χ2n) is 4.11. The zero-order valence-electron chi connectivity index (χ0n) is 10.3. The van der Waals surface area contributed by atoms with Crippen LogP contribution in [0.15, 0.2) is 30.3 Å². The van der Waals surface area contributed by atoms with E-state index in [4.69, 9.17) is 0 Å². The van der Waals surface area contributed by atoms with Crippen LogP contribution in [0, 0.1) is 0 Å². The standard InChI is InChI=1S/C13H18F3NO/c1-11(12-6-3-2-4-7-12)17-8-5-9-18-10-13(14,15)16/h2-4,6-7,11,17H,5,8-10H2,1H3/t11-/m1/s1. The molecular weight excluding hydrogens is 243 g/mol. The van der Waals surface area contributed by atoms with Crippen molar-refractivity contribution in [2.45, 2.75) is 25.6 Å². The number of benzene rings is 1. The first-order chi connectivity index (χ1) is 8.49. The van der Waals surface area contributed by atoms with Gasteiger partial charge in [-0.2, -0.15) is 13.2 Å². The van der Waals surface area contributed by atoms with Gasteiger partial charge in [0, 0.05) is 12.6 Å². The summed E-state index contributed by atoms with van der Waals surface area (Å²) in [5.74, 6) is 0. The maximum Gasteiger partial charge on any atom is 0.411 e. The fourth-order valence-electron chi connectivity index (χ4n) is 1.54. The molecule has 1 rings (SSSR count). The third kappa shape index (κ3) is 6.61. The molecule has 2 nitrogen and oxygen atoms in total.